The van der Waals surface area contributed by atoms with Crippen molar-refractivity contribution in [2.24, 2.45) is 0 Å². The average molecular weight is 458 g/mol. The number of thioether (sulfide) groups is 1. The molecule has 1 N–H and O–H groups in total. The van der Waals surface area contributed by atoms with Crippen molar-refractivity contribution in [3.05, 3.63) is 39.2 Å². The van der Waals surface area contributed by atoms with Crippen molar-refractivity contribution in [1.29, 1.82) is 0 Å². The molecule has 0 radical (unpaired) electrons. The number of hydrogen-bond donors (Lipinski definition) is 1. The predicted molar refractivity (Wildman–Crippen MR) is 102 cm³/mol. The smallest absolute Gasteiger partial charge is 0.216 e. The first-order valence-electron chi connectivity index (χ1n) is 7.59. The van der Waals surface area contributed by atoms with E-state index in [-0.39, 0.29) is 11.7 Å². The lowest BCUT2D eigenvalue weighted by molar-refractivity contribution is -0.118. The van der Waals surface area contributed by atoms with Crippen LogP contribution in [0.15, 0.2) is 29.4 Å². The molecule has 0 unspecified atom stereocenters. The summed E-state index contributed by atoms with van der Waals surface area (Å²) in [6.45, 7) is 4.75. The number of nitrogens with zero attached hydrogens (tertiary/aromatic N) is 3. The third kappa shape index (κ3) is 5.30. The number of halogens is 1. The summed E-state index contributed by atoms with van der Waals surface area (Å²) < 4.78 is 3.08. The monoisotopic (exact) mass is 458 g/mol. The Morgan fingerprint density at radius 3 is 2.58 bits per heavy atom. The zero-order chi connectivity index (χ0) is 17.5. The highest BCUT2D eigenvalue weighted by Gasteiger charge is 2.14. The Balaban J connectivity index is 1.96. The number of nitrogens with one attached hydrogen (secondary N) is 1. The molecule has 1 aromatic carbocycles. The van der Waals surface area contributed by atoms with Gasteiger partial charge < -0.3 is 9.88 Å². The molecule has 1 amide bonds. The number of ketones is 1. The van der Waals surface area contributed by atoms with Crippen molar-refractivity contribution in [3.8, 4) is 0 Å². The molecule has 0 aliphatic rings. The van der Waals surface area contributed by atoms with E-state index in [0.29, 0.717) is 24.3 Å². The van der Waals surface area contributed by atoms with E-state index in [1.165, 1.54) is 18.7 Å². The summed E-state index contributed by atoms with van der Waals surface area (Å²) in [5, 5.41) is 11.8. The Morgan fingerprint density at radius 1 is 1.25 bits per heavy atom. The highest BCUT2D eigenvalue weighted by atomic mass is 127. The van der Waals surface area contributed by atoms with E-state index in [0.717, 1.165) is 21.1 Å². The topological polar surface area (TPSA) is 76.9 Å². The molecule has 128 valence electrons. The minimum atomic E-state index is -0.0599. The van der Waals surface area contributed by atoms with Crippen LogP contribution in [0, 0.1) is 3.57 Å². The average Bonchev–Trinajstić information content (AvgIpc) is 2.95. The van der Waals surface area contributed by atoms with Crippen molar-refractivity contribution in [1.82, 2.24) is 20.1 Å². The van der Waals surface area contributed by atoms with Gasteiger partial charge in [0, 0.05) is 35.6 Å². The fourth-order valence-corrected chi connectivity index (χ4v) is 3.40. The summed E-state index contributed by atoms with van der Waals surface area (Å²) in [5.74, 6) is 1.15. The van der Waals surface area contributed by atoms with Gasteiger partial charge in [0.25, 0.3) is 0 Å². The molecule has 0 aliphatic heterocycles. The molecule has 6 nitrogen and oxygen atoms in total. The van der Waals surface area contributed by atoms with E-state index < -0.39 is 0 Å². The molecule has 2 aromatic rings. The Kier molecular flexibility index (Phi) is 7.22. The Labute approximate surface area is 158 Å². The third-order valence-electron chi connectivity index (χ3n) is 3.33. The van der Waals surface area contributed by atoms with Crippen molar-refractivity contribution in [3.63, 3.8) is 0 Å². The van der Waals surface area contributed by atoms with Crippen LogP contribution in [0.1, 0.15) is 30.0 Å². The van der Waals surface area contributed by atoms with E-state index in [4.69, 9.17) is 0 Å². The van der Waals surface area contributed by atoms with Crippen LogP contribution in [0.3, 0.4) is 0 Å². The zero-order valence-electron chi connectivity index (χ0n) is 13.6. The Morgan fingerprint density at radius 2 is 1.96 bits per heavy atom. The van der Waals surface area contributed by atoms with Gasteiger partial charge in [0.15, 0.2) is 10.9 Å². The van der Waals surface area contributed by atoms with Gasteiger partial charge in [-0.3, -0.25) is 9.59 Å². The first-order chi connectivity index (χ1) is 11.5. The molecule has 0 spiro atoms. The van der Waals surface area contributed by atoms with Crippen LogP contribution in [0.4, 0.5) is 0 Å². The quantitative estimate of drug-likeness (QED) is 0.374. The highest BCUT2D eigenvalue weighted by molar-refractivity contribution is 14.1. The lowest BCUT2D eigenvalue weighted by Gasteiger charge is -2.07. The molecule has 1 heterocycles. The number of Topliss-reactive ketones (excluding diaryl/α,β-unsaturated/α-hetero) is 1. The van der Waals surface area contributed by atoms with E-state index >= 15 is 0 Å². The van der Waals surface area contributed by atoms with Gasteiger partial charge in [-0.1, -0.05) is 23.9 Å². The lowest BCUT2D eigenvalue weighted by atomic mass is 10.2. The van der Waals surface area contributed by atoms with Gasteiger partial charge >= 0.3 is 0 Å². The molecule has 0 saturated heterocycles. The van der Waals surface area contributed by atoms with Crippen molar-refractivity contribution >= 4 is 46.0 Å². The summed E-state index contributed by atoms with van der Waals surface area (Å²) in [6, 6.07) is 7.53. The molecule has 0 fully saturated rings. The van der Waals surface area contributed by atoms with Gasteiger partial charge in [-0.2, -0.15) is 0 Å². The molecular weight excluding hydrogens is 439 g/mol. The molecule has 0 aliphatic carbocycles. The molecule has 1 aromatic heterocycles. The van der Waals surface area contributed by atoms with Crippen LogP contribution in [-0.2, 0) is 17.8 Å². The van der Waals surface area contributed by atoms with Crippen LogP contribution < -0.4 is 5.32 Å². The second kappa shape index (κ2) is 9.16. The van der Waals surface area contributed by atoms with E-state index in [1.54, 1.807) is 0 Å². The number of carbonyl (C=O) groups excluding carboxylic acids is 2. The molecule has 0 atom stereocenters. The SMILES string of the molecule is CCn1c(CCNC(C)=O)nnc1SCC(=O)c1ccc(I)cc1. The molecule has 24 heavy (non-hydrogen) atoms. The second-order valence-electron chi connectivity index (χ2n) is 5.09. The van der Waals surface area contributed by atoms with E-state index in [9.17, 15) is 9.59 Å². The standard InChI is InChI=1S/C16H19IN4O2S/c1-3-21-15(8-9-18-11(2)22)19-20-16(21)24-10-14(23)12-4-6-13(17)7-5-12/h4-7H,3,8-10H2,1-2H3,(H,18,22). The van der Waals surface area contributed by atoms with Gasteiger partial charge in [-0.05, 0) is 41.6 Å². The van der Waals surface area contributed by atoms with Crippen LogP contribution in [-0.4, -0.2) is 38.8 Å². The van der Waals surface area contributed by atoms with Gasteiger partial charge in [0.2, 0.25) is 5.91 Å². The first-order valence-corrected chi connectivity index (χ1v) is 9.65. The van der Waals surface area contributed by atoms with Crippen molar-refractivity contribution < 1.29 is 9.59 Å². The number of benzene rings is 1. The maximum atomic E-state index is 12.3. The largest absolute Gasteiger partial charge is 0.356 e. The number of rotatable bonds is 8. The number of aromatic nitrogens is 3. The summed E-state index contributed by atoms with van der Waals surface area (Å²) in [6.07, 6.45) is 0.617. The summed E-state index contributed by atoms with van der Waals surface area (Å²) in [7, 11) is 0. The van der Waals surface area contributed by atoms with Crippen LogP contribution in [0.2, 0.25) is 0 Å². The molecular formula is C16H19IN4O2S. The number of amides is 1. The highest BCUT2D eigenvalue weighted by Crippen LogP contribution is 2.19. The third-order valence-corrected chi connectivity index (χ3v) is 5.02. The molecule has 0 saturated carbocycles. The molecule has 0 bridgehead atoms. The minimum Gasteiger partial charge on any atom is -0.356 e. The van der Waals surface area contributed by atoms with E-state index in [1.807, 2.05) is 35.8 Å². The van der Waals surface area contributed by atoms with Crippen LogP contribution >= 0.6 is 34.4 Å². The van der Waals surface area contributed by atoms with Gasteiger partial charge in [-0.25, -0.2) is 0 Å². The van der Waals surface area contributed by atoms with Gasteiger partial charge in [0.1, 0.15) is 5.82 Å². The Hall–Kier alpha value is -1.42. The van der Waals surface area contributed by atoms with Crippen LogP contribution in [0.25, 0.3) is 0 Å². The van der Waals surface area contributed by atoms with Crippen molar-refractivity contribution in [2.45, 2.75) is 32.0 Å². The summed E-state index contributed by atoms with van der Waals surface area (Å²) >= 11 is 3.60. The summed E-state index contributed by atoms with van der Waals surface area (Å²) in [4.78, 5) is 23.2. The van der Waals surface area contributed by atoms with Crippen LogP contribution in [0.5, 0.6) is 0 Å². The van der Waals surface area contributed by atoms with Gasteiger partial charge in [0.05, 0.1) is 5.75 Å². The normalized spacial score (nSPS) is 10.6. The maximum Gasteiger partial charge on any atom is 0.216 e. The fourth-order valence-electron chi connectivity index (χ4n) is 2.13. The van der Waals surface area contributed by atoms with E-state index in [2.05, 4.69) is 38.1 Å². The first kappa shape index (κ1) is 18.9. The minimum absolute atomic E-state index is 0.0599. The maximum absolute atomic E-state index is 12.3. The fraction of sp³-hybridized carbons (Fsp3) is 0.375. The number of carbonyl (C=O) groups is 2. The number of hydrogen-bond acceptors (Lipinski definition) is 5. The Bertz CT molecular complexity index is 715. The molecule has 2 rings (SSSR count). The molecule has 8 heteroatoms. The van der Waals surface area contributed by atoms with Gasteiger partial charge in [-0.15, -0.1) is 10.2 Å². The summed E-state index contributed by atoms with van der Waals surface area (Å²) in [5.41, 5.74) is 0.705. The van der Waals surface area contributed by atoms with Crippen molar-refractivity contribution in [2.75, 3.05) is 12.3 Å². The zero-order valence-corrected chi connectivity index (χ0v) is 16.6. The predicted octanol–water partition coefficient (Wildman–Crippen LogP) is 2.56. The second-order valence-corrected chi connectivity index (χ2v) is 7.28. The lowest BCUT2D eigenvalue weighted by Crippen LogP contribution is -2.23.